The molecule has 2 saturated carbocycles. The number of rotatable bonds is 13. The molecule has 0 aliphatic heterocycles. The molecule has 0 radical (unpaired) electrons. The number of carbonyl (C=O) groups is 3. The highest BCUT2D eigenvalue weighted by molar-refractivity contribution is 14.1. The highest BCUT2D eigenvalue weighted by atomic mass is 127. The Morgan fingerprint density at radius 2 is 1.15 bits per heavy atom. The van der Waals surface area contributed by atoms with Gasteiger partial charge in [0.2, 0.25) is 11.9 Å². The van der Waals surface area contributed by atoms with Crippen molar-refractivity contribution in [3.63, 3.8) is 0 Å². The summed E-state index contributed by atoms with van der Waals surface area (Å²) in [5.41, 5.74) is 20.9. The van der Waals surface area contributed by atoms with E-state index < -0.39 is 30.6 Å². The number of anilines is 6. The van der Waals surface area contributed by atoms with Crippen molar-refractivity contribution in [3.05, 3.63) is 124 Å². The fourth-order valence-electron chi connectivity index (χ4n) is 7.98. The molecule has 4 aromatic carbocycles. The van der Waals surface area contributed by atoms with Gasteiger partial charge in [-0.2, -0.15) is 9.97 Å². The first kappa shape index (κ1) is 55.0. The molecule has 0 unspecified atom stereocenters. The van der Waals surface area contributed by atoms with Gasteiger partial charge in [0.15, 0.2) is 0 Å². The first-order chi connectivity index (χ1) is 34.8. The fraction of sp³-hybridized carbons (Fsp3) is 0.314. The number of nitrogens with zero attached hydrogens (tertiary/aromatic N) is 4. The Morgan fingerprint density at radius 1 is 0.658 bits per heavy atom. The van der Waals surface area contributed by atoms with Crippen LogP contribution < -0.4 is 49.2 Å². The molecule has 6 aromatic rings. The Kier molecular flexibility index (Phi) is 19.5. The third-order valence-corrected chi connectivity index (χ3v) is 12.3. The molecule has 384 valence electrons. The molecule has 8 rings (SSSR count). The molecule has 73 heavy (non-hydrogen) atoms. The van der Waals surface area contributed by atoms with Gasteiger partial charge in [-0.3, -0.25) is 9.59 Å². The zero-order valence-electron chi connectivity index (χ0n) is 40.8. The quantitative estimate of drug-likeness (QED) is 0.0427. The maximum atomic E-state index is 12.3. The van der Waals surface area contributed by atoms with E-state index in [9.17, 15) is 19.5 Å². The summed E-state index contributed by atoms with van der Waals surface area (Å²) in [6.45, 7) is 5.50. The monoisotopic (exact) mass is 1110 g/mol. The summed E-state index contributed by atoms with van der Waals surface area (Å²) in [7, 11) is -1.46. The van der Waals surface area contributed by atoms with Crippen LogP contribution in [0.15, 0.2) is 109 Å². The van der Waals surface area contributed by atoms with E-state index in [1.807, 2.05) is 81.4 Å². The number of alkyl carbamates (subject to hydrolysis) is 1. The topological polar surface area (TPSA) is 331 Å². The highest BCUT2D eigenvalue weighted by Crippen LogP contribution is 2.29. The molecule has 0 saturated heterocycles. The summed E-state index contributed by atoms with van der Waals surface area (Å²) in [6.07, 6.45) is 10.3. The van der Waals surface area contributed by atoms with Crippen molar-refractivity contribution in [2.75, 3.05) is 21.3 Å². The highest BCUT2D eigenvalue weighted by Gasteiger charge is 2.30. The number of amides is 3. The van der Waals surface area contributed by atoms with Crippen LogP contribution in [0.4, 0.5) is 39.7 Å². The van der Waals surface area contributed by atoms with Gasteiger partial charge in [0, 0.05) is 45.5 Å². The maximum absolute atomic E-state index is 12.3. The van der Waals surface area contributed by atoms with Gasteiger partial charge in [-0.1, -0.05) is 68.1 Å². The Hall–Kier alpha value is -7.28. The Balaban J connectivity index is 0.000000200. The number of carbonyl (C=O) groups excluding carboxylic acids is 3. The number of benzene rings is 4. The summed E-state index contributed by atoms with van der Waals surface area (Å²) in [5.74, 6) is 0.509. The molecule has 3 amide bonds. The van der Waals surface area contributed by atoms with Crippen molar-refractivity contribution in [1.29, 1.82) is 0 Å². The van der Waals surface area contributed by atoms with Gasteiger partial charge < -0.3 is 68.8 Å². The van der Waals surface area contributed by atoms with Crippen LogP contribution in [-0.4, -0.2) is 95.0 Å². The number of halogens is 1. The largest absolute Gasteiger partial charge is 0.508 e. The first-order valence-corrected chi connectivity index (χ1v) is 24.8. The van der Waals surface area contributed by atoms with E-state index in [0.29, 0.717) is 29.0 Å². The minimum Gasteiger partial charge on any atom is -0.508 e. The lowest BCUT2D eigenvalue weighted by molar-refractivity contribution is 0.0488. The number of hydrogen-bond acceptors (Lipinski definition) is 17. The molecule has 0 spiro atoms. The number of nitrogens with two attached hydrogens (primary N) is 3. The van der Waals surface area contributed by atoms with Crippen molar-refractivity contribution in [2.45, 2.75) is 102 Å². The van der Waals surface area contributed by atoms with E-state index in [2.05, 4.69) is 69.1 Å². The third kappa shape index (κ3) is 17.2. The van der Waals surface area contributed by atoms with Crippen LogP contribution >= 0.6 is 22.6 Å². The normalized spacial score (nSPS) is 17.2. The van der Waals surface area contributed by atoms with Gasteiger partial charge >= 0.3 is 13.2 Å². The molecule has 2 aliphatic carbocycles. The molecular weight excluding hydrogens is 1050 g/mol. The second-order valence-electron chi connectivity index (χ2n) is 18.5. The first-order valence-electron chi connectivity index (χ1n) is 23.8. The number of nitrogens with one attached hydrogen (secondary N) is 5. The van der Waals surface area contributed by atoms with Gasteiger partial charge in [0.25, 0.3) is 11.8 Å². The molecule has 2 aliphatic rings. The zero-order valence-corrected chi connectivity index (χ0v) is 42.9. The molecule has 20 nitrogen and oxygen atoms in total. The minimum absolute atomic E-state index is 0.0477. The summed E-state index contributed by atoms with van der Waals surface area (Å²) in [6, 6.07) is 27.9. The molecule has 2 aromatic heterocycles. The number of aromatic hydroxyl groups is 2. The van der Waals surface area contributed by atoms with E-state index in [1.54, 1.807) is 12.1 Å². The summed E-state index contributed by atoms with van der Waals surface area (Å²) >= 11 is 2.21. The van der Waals surface area contributed by atoms with Crippen molar-refractivity contribution >= 4 is 88.0 Å². The molecular formula is C51H62BIN12O8. The Morgan fingerprint density at radius 3 is 1.67 bits per heavy atom. The van der Waals surface area contributed by atoms with Gasteiger partial charge in [-0.15, -0.1) is 0 Å². The molecule has 2 heterocycles. The standard InChI is InChI=1S/C23H26N6O2.C22H29IN6O3.C6H7BO3/c24-19-6-1-2-7-20(19)28-23-26-13-18(21(25)31)22(29-23)27-16-5-3-4-15(12-16)14-8-10-17(30)11-9-14;1-22(2,3)32-21(31)28-17-10-5-4-9-16(17)27-20-25-12-15(18(24)30)19(29-20)26-14-8-6-7-13(23)11-14;8-6-3-1-5(2-4-6)7(9)10/h3-5,8-13,19-20,30H,1-2,6-7,24H2,(H2,25,31)(H2,26,27,28,29);6-8,11-12,16-17H,4-5,9-10H2,1-3H3,(H2,24,30)(H,28,31)(H2,25,26,27,29);1-4,8-10H/t19-,20+;16-,17+;/m10./s1. The van der Waals surface area contributed by atoms with Crippen LogP contribution in [-0.2, 0) is 4.74 Å². The summed E-state index contributed by atoms with van der Waals surface area (Å²) in [5, 5.41) is 51.4. The van der Waals surface area contributed by atoms with Crippen LogP contribution in [0.3, 0.4) is 0 Å². The average Bonchev–Trinajstić information content (AvgIpc) is 3.33. The van der Waals surface area contributed by atoms with Crippen LogP contribution in [0.5, 0.6) is 11.5 Å². The van der Waals surface area contributed by atoms with Crippen LogP contribution in [0.1, 0.15) is 92.9 Å². The lowest BCUT2D eigenvalue weighted by Gasteiger charge is -2.33. The van der Waals surface area contributed by atoms with Gasteiger partial charge in [-0.05, 0) is 140 Å². The molecule has 22 heteroatoms. The van der Waals surface area contributed by atoms with E-state index in [1.165, 1.54) is 36.7 Å². The van der Waals surface area contributed by atoms with Crippen LogP contribution in [0, 0.1) is 3.57 Å². The summed E-state index contributed by atoms with van der Waals surface area (Å²) in [4.78, 5) is 53.6. The molecule has 15 N–H and O–H groups in total. The molecule has 2 fully saturated rings. The number of phenolic OH excluding ortho intramolecular Hbond substituents is 2. The maximum Gasteiger partial charge on any atom is 0.488 e. The average molecular weight is 1110 g/mol. The third-order valence-electron chi connectivity index (χ3n) is 11.6. The van der Waals surface area contributed by atoms with Crippen LogP contribution in [0.2, 0.25) is 0 Å². The van der Waals surface area contributed by atoms with Crippen molar-refractivity contribution < 1.29 is 39.4 Å². The van der Waals surface area contributed by atoms with Gasteiger partial charge in [0.05, 0.1) is 6.04 Å². The van der Waals surface area contributed by atoms with Crippen molar-refractivity contribution in [3.8, 4) is 22.6 Å². The number of phenols is 2. The van der Waals surface area contributed by atoms with E-state index >= 15 is 0 Å². The second kappa shape index (κ2) is 25.9. The zero-order chi connectivity index (χ0) is 52.7. The van der Waals surface area contributed by atoms with E-state index in [0.717, 1.165) is 77.4 Å². The number of hydrogen-bond donors (Lipinski definition) is 12. The van der Waals surface area contributed by atoms with Gasteiger partial charge in [-0.25, -0.2) is 14.8 Å². The van der Waals surface area contributed by atoms with Crippen molar-refractivity contribution in [2.24, 2.45) is 17.2 Å². The predicted molar refractivity (Wildman–Crippen MR) is 291 cm³/mol. The SMILES string of the molecule is CC(C)(C)OC(=O)N[C@@H]1CCCC[C@@H]1Nc1ncc(C(N)=O)c(Nc2cccc(I)c2)n1.NC(=O)c1cnc(N[C@H]2CCCC[C@H]2N)nc1Nc1cccc(-c2ccc(O)cc2)c1.OB(O)c1ccc(O)cc1. The Labute approximate surface area is 437 Å². The summed E-state index contributed by atoms with van der Waals surface area (Å²) < 4.78 is 6.45. The van der Waals surface area contributed by atoms with Crippen molar-refractivity contribution in [1.82, 2.24) is 25.3 Å². The van der Waals surface area contributed by atoms with Crippen LogP contribution in [0.25, 0.3) is 11.1 Å². The predicted octanol–water partition coefficient (Wildman–Crippen LogP) is 6.62. The fourth-order valence-corrected chi connectivity index (χ4v) is 8.52. The van der Waals surface area contributed by atoms with Gasteiger partial charge in [0.1, 0.15) is 39.9 Å². The lowest BCUT2D eigenvalue weighted by atomic mass is 9.80. The molecule has 4 atom stereocenters. The van der Waals surface area contributed by atoms with E-state index in [-0.39, 0.29) is 46.8 Å². The minimum atomic E-state index is -1.46. The number of primary amides is 2. The second-order valence-corrected chi connectivity index (χ2v) is 19.7. The lowest BCUT2D eigenvalue weighted by Crippen LogP contribution is -2.50. The smallest absolute Gasteiger partial charge is 0.488 e. The molecule has 0 bridgehead atoms. The van der Waals surface area contributed by atoms with E-state index in [4.69, 9.17) is 37.1 Å². The Bertz CT molecular complexity index is 2800. The number of ether oxygens (including phenoxy) is 1. The number of aromatic nitrogens is 4.